The van der Waals surface area contributed by atoms with Gasteiger partial charge in [-0.2, -0.15) is 13.2 Å². The number of aromatic nitrogens is 2. The van der Waals surface area contributed by atoms with Crippen LogP contribution in [0.5, 0.6) is 0 Å². The van der Waals surface area contributed by atoms with Gasteiger partial charge >= 0.3 is 6.18 Å². The van der Waals surface area contributed by atoms with E-state index in [9.17, 15) is 18.0 Å². The summed E-state index contributed by atoms with van der Waals surface area (Å²) in [5.41, 5.74) is 8.80. The zero-order chi connectivity index (χ0) is 27.0. The molecule has 38 heavy (non-hydrogen) atoms. The highest BCUT2D eigenvalue weighted by Gasteiger charge is 2.36. The number of hydrogen-bond donors (Lipinski definition) is 2. The molecular weight excluding hydrogens is 493 g/mol. The van der Waals surface area contributed by atoms with Crippen LogP contribution in [-0.4, -0.2) is 54.0 Å². The second-order valence-corrected chi connectivity index (χ2v) is 9.51. The summed E-state index contributed by atoms with van der Waals surface area (Å²) in [6.45, 7) is 4.27. The third kappa shape index (κ3) is 5.26. The van der Waals surface area contributed by atoms with Gasteiger partial charge in [0, 0.05) is 54.7 Å². The summed E-state index contributed by atoms with van der Waals surface area (Å²) in [7, 11) is 1.94. The van der Waals surface area contributed by atoms with Crippen LogP contribution < -0.4 is 16.0 Å². The Labute approximate surface area is 218 Å². The second kappa shape index (κ2) is 9.94. The van der Waals surface area contributed by atoms with Crippen molar-refractivity contribution in [3.8, 4) is 11.1 Å². The van der Waals surface area contributed by atoms with E-state index in [4.69, 9.17) is 5.73 Å². The van der Waals surface area contributed by atoms with Crippen molar-refractivity contribution in [2.75, 3.05) is 49.2 Å². The number of piperazine rings is 1. The van der Waals surface area contributed by atoms with Gasteiger partial charge in [-0.25, -0.2) is 9.97 Å². The lowest BCUT2D eigenvalue weighted by atomic mass is 9.98. The van der Waals surface area contributed by atoms with E-state index < -0.39 is 17.6 Å². The fraction of sp³-hybridized carbons (Fsp3) is 0.250. The molecule has 2 heterocycles. The molecule has 3 N–H and O–H groups in total. The predicted molar refractivity (Wildman–Crippen MR) is 143 cm³/mol. The Bertz CT molecular complexity index is 1510. The average Bonchev–Trinajstić information content (AvgIpc) is 2.89. The number of carbonyl (C=O) groups excluding carboxylic acids is 1. The highest BCUT2D eigenvalue weighted by Crippen LogP contribution is 2.38. The van der Waals surface area contributed by atoms with E-state index in [1.165, 1.54) is 12.1 Å². The lowest BCUT2D eigenvalue weighted by molar-refractivity contribution is -0.137. The van der Waals surface area contributed by atoms with Crippen molar-refractivity contribution < 1.29 is 18.0 Å². The van der Waals surface area contributed by atoms with Crippen molar-refractivity contribution in [3.05, 3.63) is 77.5 Å². The Morgan fingerprint density at radius 1 is 1.00 bits per heavy atom. The highest BCUT2D eigenvalue weighted by molar-refractivity contribution is 6.05. The van der Waals surface area contributed by atoms with Gasteiger partial charge in [0.25, 0.3) is 5.91 Å². The molecule has 3 aromatic carbocycles. The number of alkyl halides is 3. The summed E-state index contributed by atoms with van der Waals surface area (Å²) in [4.78, 5) is 25.1. The first-order valence-corrected chi connectivity index (χ1v) is 12.2. The lowest BCUT2D eigenvalue weighted by Gasteiger charge is -2.35. The molecule has 0 bridgehead atoms. The molecule has 5 rings (SSSR count). The van der Waals surface area contributed by atoms with Gasteiger partial charge in [-0.3, -0.25) is 4.79 Å². The van der Waals surface area contributed by atoms with Gasteiger partial charge in [0.15, 0.2) is 0 Å². The monoisotopic (exact) mass is 520 g/mol. The number of nitrogens with two attached hydrogens (primary N) is 1. The van der Waals surface area contributed by atoms with Crippen molar-refractivity contribution in [2.45, 2.75) is 13.1 Å². The van der Waals surface area contributed by atoms with Crippen LogP contribution in [0.2, 0.25) is 0 Å². The number of aryl methyl sites for hydroxylation is 1. The smallest absolute Gasteiger partial charge is 0.368 e. The summed E-state index contributed by atoms with van der Waals surface area (Å²) in [6, 6.07) is 14.8. The number of anilines is 3. The van der Waals surface area contributed by atoms with E-state index in [-0.39, 0.29) is 17.2 Å². The van der Waals surface area contributed by atoms with Crippen LogP contribution in [0.4, 0.5) is 30.5 Å². The molecule has 7 nitrogen and oxygen atoms in total. The third-order valence-electron chi connectivity index (χ3n) is 6.81. The van der Waals surface area contributed by atoms with Gasteiger partial charge in [0.05, 0.1) is 11.1 Å². The minimum atomic E-state index is -4.59. The van der Waals surface area contributed by atoms with Crippen LogP contribution >= 0.6 is 0 Å². The summed E-state index contributed by atoms with van der Waals surface area (Å²) in [5, 5.41) is 3.57. The molecule has 0 radical (unpaired) electrons. The highest BCUT2D eigenvalue weighted by atomic mass is 19.4. The zero-order valence-corrected chi connectivity index (χ0v) is 21.0. The van der Waals surface area contributed by atoms with E-state index in [0.717, 1.165) is 28.1 Å². The van der Waals surface area contributed by atoms with Crippen molar-refractivity contribution in [1.29, 1.82) is 0 Å². The molecule has 0 unspecified atom stereocenters. The van der Waals surface area contributed by atoms with E-state index in [1.54, 1.807) is 23.2 Å². The maximum atomic E-state index is 14.0. The molecule has 0 saturated carbocycles. The number of likely N-dealkylation sites (N-methyl/N-ethyl adjacent to an activating group) is 1. The van der Waals surface area contributed by atoms with Gasteiger partial charge in [-0.1, -0.05) is 12.1 Å². The van der Waals surface area contributed by atoms with Crippen molar-refractivity contribution in [2.24, 2.45) is 0 Å². The van der Waals surface area contributed by atoms with Crippen LogP contribution in [0.3, 0.4) is 0 Å². The summed E-state index contributed by atoms with van der Waals surface area (Å²) < 4.78 is 42.0. The molecule has 0 atom stereocenters. The number of nitrogen functional groups attached to an aromatic ring is 1. The van der Waals surface area contributed by atoms with Gasteiger partial charge in [0.2, 0.25) is 5.95 Å². The number of nitrogens with one attached hydrogen (secondary N) is 1. The van der Waals surface area contributed by atoms with Gasteiger partial charge < -0.3 is 20.9 Å². The van der Waals surface area contributed by atoms with Crippen LogP contribution in [0.1, 0.15) is 21.5 Å². The first-order valence-electron chi connectivity index (χ1n) is 12.2. The van der Waals surface area contributed by atoms with Crippen molar-refractivity contribution in [3.63, 3.8) is 0 Å². The van der Waals surface area contributed by atoms with Crippen LogP contribution in [0, 0.1) is 6.92 Å². The number of nitrogens with zero attached hydrogens (tertiary/aromatic N) is 4. The normalized spacial score (nSPS) is 14.6. The number of fused-ring (bicyclic) bond motifs is 1. The van der Waals surface area contributed by atoms with Crippen molar-refractivity contribution in [1.82, 2.24) is 14.9 Å². The maximum absolute atomic E-state index is 14.0. The largest absolute Gasteiger partial charge is 0.418 e. The van der Waals surface area contributed by atoms with Gasteiger partial charge in [-0.15, -0.1) is 0 Å². The number of hydrogen-bond acceptors (Lipinski definition) is 6. The summed E-state index contributed by atoms with van der Waals surface area (Å²) in [5.74, 6) is -0.422. The van der Waals surface area contributed by atoms with Gasteiger partial charge in [-0.05, 0) is 73.1 Å². The van der Waals surface area contributed by atoms with Crippen LogP contribution in [0.25, 0.3) is 22.0 Å². The first-order chi connectivity index (χ1) is 18.1. The first kappa shape index (κ1) is 25.5. The third-order valence-corrected chi connectivity index (χ3v) is 6.81. The molecule has 1 saturated heterocycles. The predicted octanol–water partition coefficient (Wildman–Crippen LogP) is 5.21. The van der Waals surface area contributed by atoms with E-state index >= 15 is 0 Å². The maximum Gasteiger partial charge on any atom is 0.418 e. The van der Waals surface area contributed by atoms with E-state index in [0.29, 0.717) is 37.4 Å². The molecule has 1 amide bonds. The number of halogens is 3. The van der Waals surface area contributed by atoms with E-state index in [2.05, 4.69) is 20.2 Å². The molecule has 0 aliphatic carbocycles. The van der Waals surface area contributed by atoms with Gasteiger partial charge in [0.1, 0.15) is 0 Å². The number of benzene rings is 3. The Hall–Kier alpha value is -4.18. The summed E-state index contributed by atoms with van der Waals surface area (Å²) >= 11 is 0. The van der Waals surface area contributed by atoms with Crippen molar-refractivity contribution >= 4 is 34.1 Å². The topological polar surface area (TPSA) is 87.4 Å². The summed E-state index contributed by atoms with van der Waals surface area (Å²) in [6.07, 6.45) is -2.94. The zero-order valence-electron chi connectivity index (χ0n) is 21.0. The van der Waals surface area contributed by atoms with E-state index in [1.807, 2.05) is 38.2 Å². The Kier molecular flexibility index (Phi) is 6.66. The SMILES string of the molecule is Cc1ccc(NC(=O)c2ccc(N3CCN(C)CC3)c(C(F)(F)F)c2)cc1-c1ccc2nc(N)ncc2c1. The molecule has 1 aromatic heterocycles. The molecule has 1 aliphatic rings. The quantitative estimate of drug-likeness (QED) is 0.384. The van der Waals surface area contributed by atoms with Crippen LogP contribution in [0.15, 0.2) is 60.8 Å². The average molecular weight is 521 g/mol. The lowest BCUT2D eigenvalue weighted by Crippen LogP contribution is -2.45. The number of carbonyl (C=O) groups is 1. The Morgan fingerprint density at radius 3 is 2.50 bits per heavy atom. The molecule has 1 aliphatic heterocycles. The molecule has 196 valence electrons. The number of amides is 1. The minimum Gasteiger partial charge on any atom is -0.368 e. The standard InChI is InChI=1S/C28H27F3N6O/c1-17-3-6-21(15-22(17)18-4-7-24-20(13-18)16-33-27(32)35-24)34-26(38)19-5-8-25(23(14-19)28(29,30)31)37-11-9-36(2)10-12-37/h3-8,13-16H,9-12H2,1-2H3,(H,34,38)(H2,32,33,35). The fourth-order valence-corrected chi connectivity index (χ4v) is 4.66. The molecule has 1 fully saturated rings. The Balaban J connectivity index is 1.42. The molecule has 0 spiro atoms. The minimum absolute atomic E-state index is 0.0576. The molecular formula is C28H27F3N6O. The molecule has 4 aromatic rings. The van der Waals surface area contributed by atoms with Crippen LogP contribution in [-0.2, 0) is 6.18 Å². The second-order valence-electron chi connectivity index (χ2n) is 9.51. The molecule has 10 heteroatoms. The number of rotatable bonds is 4. The fourth-order valence-electron chi connectivity index (χ4n) is 4.66. The Morgan fingerprint density at radius 2 is 1.76 bits per heavy atom.